The van der Waals surface area contributed by atoms with Crippen LogP contribution in [0.4, 0.5) is 5.82 Å². The standard InChI is InChI=1S/C26H30ClN5O3/c1-31(20-7-12-34-18-20)24-17-29-25(26(30-24)22-6-8-28-16-23(22)27)19-2-4-21(5-3-19)35-15-11-32-9-13-33-14-10-32/h2-6,8,16-17,20H,7,9-15,18H2,1H3. The number of ether oxygens (including phenoxy) is 3. The number of anilines is 1. The smallest absolute Gasteiger partial charge is 0.147 e. The molecule has 1 aromatic carbocycles. The molecule has 0 amide bonds. The monoisotopic (exact) mass is 495 g/mol. The van der Waals surface area contributed by atoms with Crippen LogP contribution in [0.15, 0.2) is 48.9 Å². The van der Waals surface area contributed by atoms with E-state index in [4.69, 9.17) is 35.8 Å². The quantitative estimate of drug-likeness (QED) is 0.467. The van der Waals surface area contributed by atoms with Gasteiger partial charge in [-0.05, 0) is 36.8 Å². The highest BCUT2D eigenvalue weighted by molar-refractivity contribution is 6.33. The van der Waals surface area contributed by atoms with Crippen molar-refractivity contribution >= 4 is 17.4 Å². The second-order valence-corrected chi connectivity index (χ2v) is 9.14. The molecule has 35 heavy (non-hydrogen) atoms. The zero-order valence-electron chi connectivity index (χ0n) is 19.9. The molecule has 2 aromatic heterocycles. The lowest BCUT2D eigenvalue weighted by Gasteiger charge is -2.26. The second kappa shape index (κ2) is 11.3. The van der Waals surface area contributed by atoms with E-state index >= 15 is 0 Å². The summed E-state index contributed by atoms with van der Waals surface area (Å²) in [4.78, 5) is 18.4. The summed E-state index contributed by atoms with van der Waals surface area (Å²) in [7, 11) is 2.03. The summed E-state index contributed by atoms with van der Waals surface area (Å²) in [6.45, 7) is 6.50. The Morgan fingerprint density at radius 2 is 1.89 bits per heavy atom. The molecule has 3 aromatic rings. The zero-order valence-corrected chi connectivity index (χ0v) is 20.7. The van der Waals surface area contributed by atoms with Crippen molar-refractivity contribution in [2.45, 2.75) is 12.5 Å². The molecule has 8 nitrogen and oxygen atoms in total. The Hall–Kier alpha value is -2.78. The van der Waals surface area contributed by atoms with Crippen LogP contribution < -0.4 is 9.64 Å². The van der Waals surface area contributed by atoms with E-state index in [-0.39, 0.29) is 6.04 Å². The van der Waals surface area contributed by atoms with Crippen molar-refractivity contribution in [3.05, 3.63) is 53.9 Å². The van der Waals surface area contributed by atoms with Gasteiger partial charge < -0.3 is 19.1 Å². The molecule has 2 aliphatic rings. The third kappa shape index (κ3) is 5.73. The molecule has 0 aliphatic carbocycles. The average Bonchev–Trinajstić information content (AvgIpc) is 3.45. The van der Waals surface area contributed by atoms with Gasteiger partial charge in [0.2, 0.25) is 0 Å². The molecular weight excluding hydrogens is 466 g/mol. The number of rotatable bonds is 8. The van der Waals surface area contributed by atoms with Gasteiger partial charge in [-0.1, -0.05) is 11.6 Å². The maximum atomic E-state index is 6.53. The summed E-state index contributed by atoms with van der Waals surface area (Å²) in [5.41, 5.74) is 3.23. The molecule has 0 spiro atoms. The van der Waals surface area contributed by atoms with E-state index in [1.54, 1.807) is 12.4 Å². The number of pyridine rings is 1. The summed E-state index contributed by atoms with van der Waals surface area (Å²) < 4.78 is 16.9. The van der Waals surface area contributed by atoms with Gasteiger partial charge in [0.25, 0.3) is 0 Å². The van der Waals surface area contributed by atoms with E-state index in [1.807, 2.05) is 43.6 Å². The maximum Gasteiger partial charge on any atom is 0.147 e. The lowest BCUT2D eigenvalue weighted by Crippen LogP contribution is -2.38. The van der Waals surface area contributed by atoms with Gasteiger partial charge in [0, 0.05) is 56.8 Å². The first-order valence-electron chi connectivity index (χ1n) is 12.0. The van der Waals surface area contributed by atoms with Crippen molar-refractivity contribution in [3.8, 4) is 28.3 Å². The van der Waals surface area contributed by atoms with E-state index in [1.165, 1.54) is 0 Å². The van der Waals surface area contributed by atoms with Crippen molar-refractivity contribution < 1.29 is 14.2 Å². The molecular formula is C26H30ClN5O3. The van der Waals surface area contributed by atoms with Gasteiger partial charge in [-0.25, -0.2) is 4.98 Å². The summed E-state index contributed by atoms with van der Waals surface area (Å²) in [5, 5.41) is 0.537. The number of hydrogen-bond donors (Lipinski definition) is 0. The van der Waals surface area contributed by atoms with Crippen LogP contribution in [0, 0.1) is 0 Å². The van der Waals surface area contributed by atoms with Gasteiger partial charge in [-0.2, -0.15) is 0 Å². The predicted molar refractivity (Wildman–Crippen MR) is 136 cm³/mol. The van der Waals surface area contributed by atoms with Crippen LogP contribution >= 0.6 is 11.6 Å². The van der Waals surface area contributed by atoms with Crippen molar-refractivity contribution in [2.24, 2.45) is 0 Å². The van der Waals surface area contributed by atoms with Crippen molar-refractivity contribution in [2.75, 3.05) is 64.6 Å². The van der Waals surface area contributed by atoms with E-state index < -0.39 is 0 Å². The van der Waals surface area contributed by atoms with Crippen LogP contribution in [0.3, 0.4) is 0 Å². The van der Waals surface area contributed by atoms with Crippen LogP contribution in [-0.2, 0) is 9.47 Å². The summed E-state index contributed by atoms with van der Waals surface area (Å²) in [6, 6.07) is 10.1. The van der Waals surface area contributed by atoms with Crippen molar-refractivity contribution in [1.82, 2.24) is 19.9 Å². The topological polar surface area (TPSA) is 72.8 Å². The molecule has 184 valence electrons. The molecule has 1 atom stereocenters. The van der Waals surface area contributed by atoms with E-state index in [9.17, 15) is 0 Å². The van der Waals surface area contributed by atoms with Crippen LogP contribution in [0.25, 0.3) is 22.5 Å². The van der Waals surface area contributed by atoms with Crippen LogP contribution in [0.5, 0.6) is 5.75 Å². The van der Waals surface area contributed by atoms with Crippen LogP contribution in [0.1, 0.15) is 6.42 Å². The van der Waals surface area contributed by atoms with Gasteiger partial charge in [0.05, 0.1) is 42.8 Å². The first-order chi connectivity index (χ1) is 17.2. The summed E-state index contributed by atoms with van der Waals surface area (Å²) in [5.74, 6) is 1.62. The molecule has 2 aliphatic heterocycles. The zero-order chi connectivity index (χ0) is 24.0. The Morgan fingerprint density at radius 1 is 1.06 bits per heavy atom. The van der Waals surface area contributed by atoms with Crippen LogP contribution in [-0.4, -0.2) is 85.6 Å². The number of aromatic nitrogens is 3. The first-order valence-corrected chi connectivity index (χ1v) is 12.4. The Balaban J connectivity index is 1.37. The second-order valence-electron chi connectivity index (χ2n) is 8.74. The highest BCUT2D eigenvalue weighted by Crippen LogP contribution is 2.35. The largest absolute Gasteiger partial charge is 0.492 e. The summed E-state index contributed by atoms with van der Waals surface area (Å²) in [6.07, 6.45) is 6.14. The molecule has 0 radical (unpaired) electrons. The number of morpholine rings is 1. The number of likely N-dealkylation sites (N-methyl/N-ethyl adjacent to an activating group) is 1. The molecule has 0 saturated carbocycles. The first kappa shape index (κ1) is 23.9. The highest BCUT2D eigenvalue weighted by Gasteiger charge is 2.23. The molecule has 4 heterocycles. The molecule has 9 heteroatoms. The number of nitrogens with zero attached hydrogens (tertiary/aromatic N) is 5. The van der Waals surface area contributed by atoms with Gasteiger partial charge >= 0.3 is 0 Å². The van der Waals surface area contributed by atoms with E-state index in [2.05, 4.69) is 14.8 Å². The Kier molecular flexibility index (Phi) is 7.73. The fourth-order valence-corrected chi connectivity index (χ4v) is 4.57. The number of halogens is 1. The van der Waals surface area contributed by atoms with Crippen molar-refractivity contribution in [1.29, 1.82) is 0 Å². The van der Waals surface area contributed by atoms with Crippen molar-refractivity contribution in [3.63, 3.8) is 0 Å². The fourth-order valence-electron chi connectivity index (χ4n) is 4.36. The van der Waals surface area contributed by atoms with E-state index in [0.717, 1.165) is 80.0 Å². The van der Waals surface area contributed by atoms with Gasteiger partial charge in [-0.15, -0.1) is 0 Å². The maximum absolute atomic E-state index is 6.53. The van der Waals surface area contributed by atoms with Gasteiger partial charge in [0.15, 0.2) is 0 Å². The molecule has 0 bridgehead atoms. The minimum Gasteiger partial charge on any atom is -0.492 e. The lowest BCUT2D eigenvalue weighted by molar-refractivity contribution is 0.0322. The predicted octanol–water partition coefficient (Wildman–Crippen LogP) is 3.80. The third-order valence-electron chi connectivity index (χ3n) is 6.51. The van der Waals surface area contributed by atoms with Crippen LogP contribution in [0.2, 0.25) is 5.02 Å². The molecule has 0 N–H and O–H groups in total. The molecule has 1 unspecified atom stereocenters. The summed E-state index contributed by atoms with van der Waals surface area (Å²) >= 11 is 6.53. The number of hydrogen-bond acceptors (Lipinski definition) is 8. The Morgan fingerprint density at radius 3 is 2.63 bits per heavy atom. The van der Waals surface area contributed by atoms with E-state index in [0.29, 0.717) is 18.2 Å². The van der Waals surface area contributed by atoms with Gasteiger partial charge in [0.1, 0.15) is 23.9 Å². The fraction of sp³-hybridized carbons (Fsp3) is 0.423. The highest BCUT2D eigenvalue weighted by atomic mass is 35.5. The minimum absolute atomic E-state index is 0.282. The molecule has 2 saturated heterocycles. The Bertz CT molecular complexity index is 1120. The molecule has 5 rings (SSSR count). The lowest BCUT2D eigenvalue weighted by atomic mass is 10.0. The Labute approximate surface area is 210 Å². The minimum atomic E-state index is 0.282. The normalized spacial score (nSPS) is 18.5. The third-order valence-corrected chi connectivity index (χ3v) is 6.81. The molecule has 2 fully saturated rings. The average molecular weight is 496 g/mol. The number of benzene rings is 1. The SMILES string of the molecule is CN(c1cnc(-c2ccc(OCCN3CCOCC3)cc2)c(-c2ccncc2Cl)n1)C1CCOC1. The van der Waals surface area contributed by atoms with Gasteiger partial charge in [-0.3, -0.25) is 14.9 Å².